The van der Waals surface area contributed by atoms with Crippen molar-refractivity contribution >= 4 is 15.9 Å². The molecular weight excluding hydrogens is 430 g/mol. The van der Waals surface area contributed by atoms with Crippen molar-refractivity contribution < 1.29 is 31.9 Å². The maximum Gasteiger partial charge on any atom is 0.262 e. The number of alkyl halides is 1. The third kappa shape index (κ3) is 6.46. The molecule has 0 saturated carbocycles. The first-order valence-corrected chi connectivity index (χ1v) is 11.1. The van der Waals surface area contributed by atoms with Crippen LogP contribution in [0.4, 0.5) is 8.78 Å². The molecule has 2 rings (SSSR count). The molecule has 0 fully saturated rings. The van der Waals surface area contributed by atoms with Crippen molar-refractivity contribution in [3.63, 3.8) is 0 Å². The Hall–Kier alpha value is -2.56. The van der Waals surface area contributed by atoms with Gasteiger partial charge in [-0.15, -0.1) is 0 Å². The van der Waals surface area contributed by atoms with Crippen LogP contribution in [0.15, 0.2) is 53.4 Å². The molecule has 0 aliphatic carbocycles. The Bertz CT molecular complexity index is 951. The van der Waals surface area contributed by atoms with Crippen molar-refractivity contribution in [1.82, 2.24) is 9.79 Å². The molecule has 0 saturated heterocycles. The van der Waals surface area contributed by atoms with E-state index in [1.807, 2.05) is 0 Å². The summed E-state index contributed by atoms with van der Waals surface area (Å²) >= 11 is 0. The highest BCUT2D eigenvalue weighted by molar-refractivity contribution is 7.89. The van der Waals surface area contributed by atoms with E-state index < -0.39 is 40.4 Å². The second-order valence-electron chi connectivity index (χ2n) is 7.20. The summed E-state index contributed by atoms with van der Waals surface area (Å²) in [5.74, 6) is -1.46. The van der Waals surface area contributed by atoms with Gasteiger partial charge in [0.1, 0.15) is 17.6 Å². The van der Waals surface area contributed by atoms with E-state index in [0.717, 1.165) is 4.31 Å². The minimum Gasteiger partial charge on any atom is -0.493 e. The molecule has 0 radical (unpaired) electrons. The predicted molar refractivity (Wildman–Crippen MR) is 110 cm³/mol. The monoisotopic (exact) mass is 456 g/mol. The maximum absolute atomic E-state index is 13.4. The average Bonchev–Trinajstić information content (AvgIpc) is 2.74. The molecule has 170 valence electrons. The van der Waals surface area contributed by atoms with E-state index in [1.54, 1.807) is 13.8 Å². The van der Waals surface area contributed by atoms with Crippen molar-refractivity contribution in [3.05, 3.63) is 59.9 Å². The summed E-state index contributed by atoms with van der Waals surface area (Å²) in [5, 5.41) is 9.17. The van der Waals surface area contributed by atoms with Crippen LogP contribution in [0.3, 0.4) is 0 Å². The lowest BCUT2D eigenvalue weighted by molar-refractivity contribution is -0.134. The zero-order chi connectivity index (χ0) is 23.0. The predicted octanol–water partition coefficient (Wildman–Crippen LogP) is 3.29. The van der Waals surface area contributed by atoms with E-state index in [-0.39, 0.29) is 24.5 Å². The topological polar surface area (TPSA) is 95.9 Å². The molecule has 2 aromatic carbocycles. The molecule has 0 aliphatic heterocycles. The Morgan fingerprint density at radius 1 is 1.13 bits per heavy atom. The largest absolute Gasteiger partial charge is 0.493 e. The van der Waals surface area contributed by atoms with Crippen molar-refractivity contribution in [2.75, 3.05) is 13.3 Å². The summed E-state index contributed by atoms with van der Waals surface area (Å²) in [4.78, 5) is 12.2. The molecule has 2 aromatic rings. The van der Waals surface area contributed by atoms with E-state index in [0.29, 0.717) is 11.3 Å². The van der Waals surface area contributed by atoms with E-state index in [9.17, 15) is 22.0 Å². The standard InChI is InChI=1S/C21H26F2N2O5S/c1-15(2)20(21(26)24-27)25(14-16-4-6-17(23)7-5-16)31(28,29)19-10-8-18(9-11-19)30-13-3-12-22/h4-11,15,20,27H,3,12-14H2,1-2H3,(H,24,26). The number of carbonyl (C=O) groups excluding carboxylic acids is 1. The molecule has 0 heterocycles. The van der Waals surface area contributed by atoms with Gasteiger partial charge < -0.3 is 4.74 Å². The number of hydroxylamine groups is 1. The number of hydrogen-bond acceptors (Lipinski definition) is 5. The number of benzene rings is 2. The van der Waals surface area contributed by atoms with Gasteiger partial charge in [0.05, 0.1) is 18.2 Å². The van der Waals surface area contributed by atoms with Gasteiger partial charge in [0.15, 0.2) is 0 Å². The zero-order valence-electron chi connectivity index (χ0n) is 17.3. The smallest absolute Gasteiger partial charge is 0.262 e. The van der Waals surface area contributed by atoms with Gasteiger partial charge >= 0.3 is 0 Å². The molecule has 0 spiro atoms. The molecule has 0 aromatic heterocycles. The Balaban J connectivity index is 2.42. The summed E-state index contributed by atoms with van der Waals surface area (Å²) in [7, 11) is -4.20. The SMILES string of the molecule is CC(C)C(C(=O)NO)N(Cc1ccc(F)cc1)S(=O)(=O)c1ccc(OCCCF)cc1. The number of hydrogen-bond donors (Lipinski definition) is 2. The van der Waals surface area contributed by atoms with Crippen LogP contribution in [0.25, 0.3) is 0 Å². The van der Waals surface area contributed by atoms with Crippen LogP contribution in [-0.4, -0.2) is 43.2 Å². The fourth-order valence-corrected chi connectivity index (χ4v) is 4.73. The van der Waals surface area contributed by atoms with Crippen LogP contribution in [0.1, 0.15) is 25.8 Å². The van der Waals surface area contributed by atoms with Crippen LogP contribution in [0.2, 0.25) is 0 Å². The van der Waals surface area contributed by atoms with Crippen molar-refractivity contribution in [3.8, 4) is 5.75 Å². The second kappa shape index (κ2) is 11.2. The number of nitrogens with one attached hydrogen (secondary N) is 1. The van der Waals surface area contributed by atoms with Gasteiger partial charge in [0.2, 0.25) is 10.0 Å². The minimum absolute atomic E-state index is 0.0937. The Morgan fingerprint density at radius 3 is 2.26 bits per heavy atom. The number of rotatable bonds is 11. The van der Waals surface area contributed by atoms with Gasteiger partial charge in [-0.3, -0.25) is 14.4 Å². The molecule has 7 nitrogen and oxygen atoms in total. The normalized spacial score (nSPS) is 12.7. The van der Waals surface area contributed by atoms with Crippen LogP contribution in [-0.2, 0) is 21.4 Å². The molecule has 1 atom stereocenters. The number of amides is 1. The van der Waals surface area contributed by atoms with Gasteiger partial charge in [0.25, 0.3) is 5.91 Å². The summed E-state index contributed by atoms with van der Waals surface area (Å²) in [6.07, 6.45) is 0.220. The summed E-state index contributed by atoms with van der Waals surface area (Å²) in [6.45, 7) is 2.72. The molecular formula is C21H26F2N2O5S. The van der Waals surface area contributed by atoms with Gasteiger partial charge in [0, 0.05) is 13.0 Å². The lowest BCUT2D eigenvalue weighted by Crippen LogP contribution is -2.51. The number of ether oxygens (including phenoxy) is 1. The first kappa shape index (κ1) is 24.7. The highest BCUT2D eigenvalue weighted by Gasteiger charge is 2.38. The summed E-state index contributed by atoms with van der Waals surface area (Å²) in [6, 6.07) is 9.55. The van der Waals surface area contributed by atoms with Crippen molar-refractivity contribution in [2.24, 2.45) is 5.92 Å². The highest BCUT2D eigenvalue weighted by Crippen LogP contribution is 2.26. The lowest BCUT2D eigenvalue weighted by Gasteiger charge is -2.32. The Morgan fingerprint density at radius 2 is 1.74 bits per heavy atom. The highest BCUT2D eigenvalue weighted by atomic mass is 32.2. The van der Waals surface area contributed by atoms with Gasteiger partial charge in [-0.05, 0) is 47.9 Å². The number of sulfonamides is 1. The number of halogens is 2. The van der Waals surface area contributed by atoms with Gasteiger partial charge in [-0.1, -0.05) is 26.0 Å². The zero-order valence-corrected chi connectivity index (χ0v) is 18.1. The molecule has 0 aliphatic rings. The van der Waals surface area contributed by atoms with Crippen molar-refractivity contribution in [1.29, 1.82) is 0 Å². The minimum atomic E-state index is -4.20. The quantitative estimate of drug-likeness (QED) is 0.307. The number of nitrogens with zero attached hydrogens (tertiary/aromatic N) is 1. The van der Waals surface area contributed by atoms with Crippen LogP contribution >= 0.6 is 0 Å². The fraction of sp³-hybridized carbons (Fsp3) is 0.381. The third-order valence-corrected chi connectivity index (χ3v) is 6.39. The third-order valence-electron chi connectivity index (χ3n) is 4.55. The maximum atomic E-state index is 13.4. The number of carbonyl (C=O) groups is 1. The molecule has 31 heavy (non-hydrogen) atoms. The first-order valence-electron chi connectivity index (χ1n) is 9.69. The first-order chi connectivity index (χ1) is 14.7. The van der Waals surface area contributed by atoms with Crippen LogP contribution in [0, 0.1) is 11.7 Å². The molecule has 2 N–H and O–H groups in total. The molecule has 0 bridgehead atoms. The van der Waals surface area contributed by atoms with Gasteiger partial charge in [-0.2, -0.15) is 4.31 Å². The second-order valence-corrected chi connectivity index (χ2v) is 9.09. The van der Waals surface area contributed by atoms with Crippen LogP contribution < -0.4 is 10.2 Å². The van der Waals surface area contributed by atoms with E-state index in [1.165, 1.54) is 54.0 Å². The summed E-state index contributed by atoms with van der Waals surface area (Å²) in [5.41, 5.74) is 1.99. The average molecular weight is 457 g/mol. The lowest BCUT2D eigenvalue weighted by atomic mass is 10.0. The van der Waals surface area contributed by atoms with Gasteiger partial charge in [-0.25, -0.2) is 18.3 Å². The Kier molecular flexibility index (Phi) is 8.90. The molecule has 1 amide bonds. The molecule has 10 heteroatoms. The summed E-state index contributed by atoms with van der Waals surface area (Å²) < 4.78 is 58.7. The Labute approximate surface area is 180 Å². The van der Waals surface area contributed by atoms with E-state index in [4.69, 9.17) is 9.94 Å². The fourth-order valence-electron chi connectivity index (χ4n) is 3.02. The van der Waals surface area contributed by atoms with E-state index >= 15 is 0 Å². The van der Waals surface area contributed by atoms with E-state index in [2.05, 4.69) is 0 Å². The van der Waals surface area contributed by atoms with Crippen molar-refractivity contribution in [2.45, 2.75) is 37.8 Å². The molecule has 1 unspecified atom stereocenters. The van der Waals surface area contributed by atoms with Crippen LogP contribution in [0.5, 0.6) is 5.75 Å².